The Morgan fingerprint density at radius 1 is 1.33 bits per heavy atom. The molecule has 0 saturated heterocycles. The molecule has 0 amide bonds. The molecule has 1 N–H and O–H groups in total. The van der Waals surface area contributed by atoms with Gasteiger partial charge in [-0.25, -0.2) is 0 Å². The zero-order valence-electron chi connectivity index (χ0n) is 11.0. The molecule has 1 saturated carbocycles. The van der Waals surface area contributed by atoms with E-state index in [0.29, 0.717) is 6.61 Å². The van der Waals surface area contributed by atoms with Crippen molar-refractivity contribution in [1.29, 1.82) is 0 Å². The first-order valence-corrected chi connectivity index (χ1v) is 6.92. The summed E-state index contributed by atoms with van der Waals surface area (Å²) in [5.41, 5.74) is 1.23. The zero-order valence-corrected chi connectivity index (χ0v) is 11.0. The monoisotopic (exact) mass is 245 g/mol. The first-order valence-electron chi connectivity index (χ1n) is 6.92. The summed E-state index contributed by atoms with van der Waals surface area (Å²) in [4.78, 5) is 0. The molecule has 1 fully saturated rings. The summed E-state index contributed by atoms with van der Waals surface area (Å²) < 4.78 is 5.63. The Bertz CT molecular complexity index is 371. The molecule has 2 rings (SSSR count). The molecule has 0 radical (unpaired) electrons. The number of nitrogens with one attached hydrogen (secondary N) is 1. The normalized spacial score (nSPS) is 14.4. The predicted molar refractivity (Wildman–Crippen MR) is 75.8 cm³/mol. The highest BCUT2D eigenvalue weighted by Crippen LogP contribution is 2.33. The lowest BCUT2D eigenvalue weighted by molar-refractivity contribution is 0.358. The molecule has 1 aliphatic rings. The van der Waals surface area contributed by atoms with Crippen LogP contribution in [0.5, 0.6) is 5.75 Å². The van der Waals surface area contributed by atoms with E-state index in [1.807, 2.05) is 12.1 Å². The van der Waals surface area contributed by atoms with Crippen molar-refractivity contribution in [2.45, 2.75) is 32.2 Å². The average Bonchev–Trinajstić information content (AvgIpc) is 3.21. The van der Waals surface area contributed by atoms with Crippen LogP contribution in [-0.2, 0) is 6.54 Å². The van der Waals surface area contributed by atoms with Crippen LogP contribution in [0.3, 0.4) is 0 Å². The van der Waals surface area contributed by atoms with Crippen LogP contribution < -0.4 is 10.1 Å². The van der Waals surface area contributed by atoms with E-state index in [1.165, 1.54) is 31.2 Å². The Labute approximate surface area is 110 Å². The molecule has 98 valence electrons. The van der Waals surface area contributed by atoms with Crippen molar-refractivity contribution in [3.63, 3.8) is 0 Å². The van der Waals surface area contributed by atoms with Crippen molar-refractivity contribution in [2.24, 2.45) is 5.92 Å². The molecule has 0 bridgehead atoms. The minimum Gasteiger partial charge on any atom is -0.489 e. The second kappa shape index (κ2) is 7.22. The van der Waals surface area contributed by atoms with Gasteiger partial charge < -0.3 is 10.1 Å². The van der Waals surface area contributed by atoms with Gasteiger partial charge in [-0.3, -0.25) is 0 Å². The van der Waals surface area contributed by atoms with Crippen molar-refractivity contribution in [3.8, 4) is 5.75 Å². The summed E-state index contributed by atoms with van der Waals surface area (Å²) in [6.07, 6.45) is 7.37. The first kappa shape index (κ1) is 13.2. The van der Waals surface area contributed by atoms with Crippen molar-refractivity contribution in [2.75, 3.05) is 13.2 Å². The van der Waals surface area contributed by atoms with Crippen molar-refractivity contribution >= 4 is 0 Å². The molecule has 0 aliphatic heterocycles. The van der Waals surface area contributed by atoms with E-state index in [1.54, 1.807) is 6.08 Å². The van der Waals surface area contributed by atoms with E-state index in [4.69, 9.17) is 4.74 Å². The Hall–Kier alpha value is -1.28. The van der Waals surface area contributed by atoms with Gasteiger partial charge in [-0.05, 0) is 31.4 Å². The maximum Gasteiger partial charge on any atom is 0.124 e. The largest absolute Gasteiger partial charge is 0.489 e. The van der Waals surface area contributed by atoms with Gasteiger partial charge in [-0.1, -0.05) is 43.7 Å². The lowest BCUT2D eigenvalue weighted by Crippen LogP contribution is -2.15. The molecule has 18 heavy (non-hydrogen) atoms. The van der Waals surface area contributed by atoms with E-state index in [-0.39, 0.29) is 0 Å². The average molecular weight is 245 g/mol. The Morgan fingerprint density at radius 3 is 2.94 bits per heavy atom. The highest BCUT2D eigenvalue weighted by Gasteiger charge is 2.19. The Morgan fingerprint density at radius 2 is 2.17 bits per heavy atom. The molecule has 0 atom stereocenters. The van der Waals surface area contributed by atoms with E-state index < -0.39 is 0 Å². The summed E-state index contributed by atoms with van der Waals surface area (Å²) in [6.45, 7) is 6.23. The number of hydrogen-bond acceptors (Lipinski definition) is 2. The SMILES string of the molecule is C=CCOc1ccccc1CNCCCC1CC1. The molecule has 1 aromatic carbocycles. The smallest absolute Gasteiger partial charge is 0.124 e. The fourth-order valence-electron chi connectivity index (χ4n) is 2.08. The first-order chi connectivity index (χ1) is 8.90. The number of para-hydroxylation sites is 1. The van der Waals surface area contributed by atoms with Gasteiger partial charge in [0.1, 0.15) is 12.4 Å². The van der Waals surface area contributed by atoms with E-state index in [2.05, 4.69) is 24.0 Å². The number of rotatable bonds is 9. The minimum atomic E-state index is 0.568. The minimum absolute atomic E-state index is 0.568. The third kappa shape index (κ3) is 4.53. The maximum atomic E-state index is 5.63. The van der Waals surface area contributed by atoms with Gasteiger partial charge >= 0.3 is 0 Å². The fourth-order valence-corrected chi connectivity index (χ4v) is 2.08. The highest BCUT2D eigenvalue weighted by atomic mass is 16.5. The summed E-state index contributed by atoms with van der Waals surface area (Å²) in [7, 11) is 0. The number of benzene rings is 1. The number of hydrogen-bond donors (Lipinski definition) is 1. The van der Waals surface area contributed by atoms with Crippen molar-refractivity contribution in [1.82, 2.24) is 5.32 Å². The molecular weight excluding hydrogens is 222 g/mol. The van der Waals surface area contributed by atoms with Crippen molar-refractivity contribution < 1.29 is 4.74 Å². The third-order valence-electron chi connectivity index (χ3n) is 3.31. The standard InChI is InChI=1S/C16H23NO/c1-2-12-18-16-8-4-3-7-15(16)13-17-11-5-6-14-9-10-14/h2-4,7-8,14,17H,1,5-6,9-13H2. The topological polar surface area (TPSA) is 21.3 Å². The van der Waals surface area contributed by atoms with E-state index in [9.17, 15) is 0 Å². The quantitative estimate of drug-likeness (QED) is 0.531. The maximum absolute atomic E-state index is 5.63. The Kier molecular flexibility index (Phi) is 5.28. The van der Waals surface area contributed by atoms with Crippen LogP contribution in [0.4, 0.5) is 0 Å². The van der Waals surface area contributed by atoms with Gasteiger partial charge in [0.25, 0.3) is 0 Å². The number of ether oxygens (including phenoxy) is 1. The zero-order chi connectivity index (χ0) is 12.6. The van der Waals surface area contributed by atoms with Crippen LogP contribution >= 0.6 is 0 Å². The van der Waals surface area contributed by atoms with Crippen LogP contribution in [0.2, 0.25) is 0 Å². The lowest BCUT2D eigenvalue weighted by atomic mass is 10.2. The molecule has 0 unspecified atom stereocenters. The van der Waals surface area contributed by atoms with Gasteiger partial charge in [0.2, 0.25) is 0 Å². The van der Waals surface area contributed by atoms with Crippen LogP contribution in [0.1, 0.15) is 31.2 Å². The van der Waals surface area contributed by atoms with Gasteiger partial charge in [0.05, 0.1) is 0 Å². The van der Waals surface area contributed by atoms with Crippen LogP contribution in [0, 0.1) is 5.92 Å². The van der Waals surface area contributed by atoms with Crippen LogP contribution in [0.15, 0.2) is 36.9 Å². The summed E-state index contributed by atoms with van der Waals surface area (Å²) in [6, 6.07) is 8.20. The van der Waals surface area contributed by atoms with Crippen LogP contribution in [0.25, 0.3) is 0 Å². The van der Waals surface area contributed by atoms with Gasteiger partial charge in [0, 0.05) is 12.1 Å². The lowest BCUT2D eigenvalue weighted by Gasteiger charge is -2.10. The highest BCUT2D eigenvalue weighted by molar-refractivity contribution is 5.33. The second-order valence-electron chi connectivity index (χ2n) is 4.97. The summed E-state index contributed by atoms with van der Waals surface area (Å²) >= 11 is 0. The van der Waals surface area contributed by atoms with E-state index in [0.717, 1.165) is 24.8 Å². The third-order valence-corrected chi connectivity index (χ3v) is 3.31. The Balaban J connectivity index is 1.70. The van der Waals surface area contributed by atoms with Gasteiger partial charge in [-0.15, -0.1) is 0 Å². The fraction of sp³-hybridized carbons (Fsp3) is 0.500. The summed E-state index contributed by atoms with van der Waals surface area (Å²) in [5, 5.41) is 3.50. The summed E-state index contributed by atoms with van der Waals surface area (Å²) in [5.74, 6) is 2.00. The molecule has 2 heteroatoms. The molecule has 0 spiro atoms. The van der Waals surface area contributed by atoms with Gasteiger partial charge in [-0.2, -0.15) is 0 Å². The van der Waals surface area contributed by atoms with E-state index >= 15 is 0 Å². The predicted octanol–water partition coefficient (Wildman–Crippen LogP) is 3.53. The van der Waals surface area contributed by atoms with Crippen LogP contribution in [-0.4, -0.2) is 13.2 Å². The second-order valence-corrected chi connectivity index (χ2v) is 4.97. The molecule has 1 aliphatic carbocycles. The van der Waals surface area contributed by atoms with Crippen molar-refractivity contribution in [3.05, 3.63) is 42.5 Å². The molecule has 0 heterocycles. The molecule has 1 aromatic rings. The molecular formula is C16H23NO. The van der Waals surface area contributed by atoms with Gasteiger partial charge in [0.15, 0.2) is 0 Å². The molecule has 2 nitrogen and oxygen atoms in total. The molecule has 0 aromatic heterocycles.